The van der Waals surface area contributed by atoms with Crippen molar-refractivity contribution in [3.8, 4) is 0 Å². The van der Waals surface area contributed by atoms with Crippen molar-refractivity contribution in [3.63, 3.8) is 0 Å². The minimum Gasteiger partial charge on any atom is -0.388 e. The fourth-order valence-electron chi connectivity index (χ4n) is 2.07. The number of nitro groups is 1. The van der Waals surface area contributed by atoms with E-state index in [0.717, 1.165) is 13.1 Å². The van der Waals surface area contributed by atoms with Gasteiger partial charge in [-0.1, -0.05) is 0 Å². The maximum Gasteiger partial charge on any atom is 0.269 e. The van der Waals surface area contributed by atoms with Gasteiger partial charge in [0.05, 0.1) is 24.2 Å². The van der Waals surface area contributed by atoms with Crippen molar-refractivity contribution in [1.29, 1.82) is 0 Å². The predicted octanol–water partition coefficient (Wildman–Crippen LogP) is 1.61. The van der Waals surface area contributed by atoms with E-state index in [-0.39, 0.29) is 5.69 Å². The molecule has 0 aromatic heterocycles. The van der Waals surface area contributed by atoms with Gasteiger partial charge in [0.1, 0.15) is 0 Å². The lowest BCUT2D eigenvalue weighted by molar-refractivity contribution is -0.384. The van der Waals surface area contributed by atoms with Crippen LogP contribution in [0.3, 0.4) is 0 Å². The maximum absolute atomic E-state index is 10.6. The molecule has 1 aromatic rings. The van der Waals surface area contributed by atoms with E-state index >= 15 is 0 Å². The van der Waals surface area contributed by atoms with Gasteiger partial charge >= 0.3 is 0 Å². The molecule has 0 bridgehead atoms. The highest BCUT2D eigenvalue weighted by atomic mass is 16.6. The Morgan fingerprint density at radius 1 is 1.14 bits per heavy atom. The highest BCUT2D eigenvalue weighted by molar-refractivity contribution is 5.33. The van der Waals surface area contributed by atoms with Gasteiger partial charge in [0.15, 0.2) is 0 Å². The number of rotatable bonds is 11. The number of methoxy groups -OCH3 is 2. The van der Waals surface area contributed by atoms with Crippen molar-refractivity contribution in [2.75, 3.05) is 47.1 Å². The van der Waals surface area contributed by atoms with E-state index in [2.05, 4.69) is 4.90 Å². The molecule has 7 nitrogen and oxygen atoms in total. The van der Waals surface area contributed by atoms with Gasteiger partial charge in [0.25, 0.3) is 5.69 Å². The number of benzene rings is 1. The molecular formula is C15H24N2O5. The Labute approximate surface area is 130 Å². The summed E-state index contributed by atoms with van der Waals surface area (Å²) < 4.78 is 10.1. The molecule has 7 heteroatoms. The van der Waals surface area contributed by atoms with Gasteiger partial charge in [-0.15, -0.1) is 0 Å². The number of hydrogen-bond acceptors (Lipinski definition) is 6. The average Bonchev–Trinajstić information content (AvgIpc) is 2.54. The predicted molar refractivity (Wildman–Crippen MR) is 82.9 cm³/mol. The van der Waals surface area contributed by atoms with Crippen LogP contribution in [-0.4, -0.2) is 62.0 Å². The maximum atomic E-state index is 10.6. The van der Waals surface area contributed by atoms with E-state index in [0.29, 0.717) is 31.7 Å². The molecule has 0 saturated carbocycles. The van der Waals surface area contributed by atoms with Crippen molar-refractivity contribution in [2.45, 2.75) is 12.5 Å². The molecule has 0 radical (unpaired) electrons. The van der Waals surface area contributed by atoms with E-state index in [1.54, 1.807) is 26.4 Å². The fourth-order valence-corrected chi connectivity index (χ4v) is 2.07. The minimum atomic E-state index is -0.645. The Morgan fingerprint density at radius 3 is 2.14 bits per heavy atom. The van der Waals surface area contributed by atoms with Gasteiger partial charge in [-0.25, -0.2) is 0 Å². The van der Waals surface area contributed by atoms with Crippen molar-refractivity contribution < 1.29 is 19.5 Å². The first kappa shape index (κ1) is 18.5. The van der Waals surface area contributed by atoms with Crippen LogP contribution in [0.1, 0.15) is 18.1 Å². The molecule has 1 aromatic carbocycles. The van der Waals surface area contributed by atoms with Gasteiger partial charge in [-0.3, -0.25) is 15.0 Å². The van der Waals surface area contributed by atoms with Crippen LogP contribution in [0.4, 0.5) is 5.69 Å². The smallest absolute Gasteiger partial charge is 0.269 e. The first-order valence-corrected chi connectivity index (χ1v) is 7.21. The molecule has 1 rings (SSSR count). The number of ether oxygens (including phenoxy) is 2. The lowest BCUT2D eigenvalue weighted by Crippen LogP contribution is -2.32. The van der Waals surface area contributed by atoms with Crippen molar-refractivity contribution in [3.05, 3.63) is 39.9 Å². The third kappa shape index (κ3) is 6.48. The molecule has 0 fully saturated rings. The van der Waals surface area contributed by atoms with Crippen LogP contribution in [0.5, 0.6) is 0 Å². The first-order valence-electron chi connectivity index (χ1n) is 7.21. The molecule has 0 heterocycles. The molecule has 0 saturated heterocycles. The molecule has 1 unspecified atom stereocenters. The Bertz CT molecular complexity index is 430. The molecule has 22 heavy (non-hydrogen) atoms. The van der Waals surface area contributed by atoms with Crippen LogP contribution in [0.15, 0.2) is 24.3 Å². The lowest BCUT2D eigenvalue weighted by Gasteiger charge is -2.23. The van der Waals surface area contributed by atoms with Crippen LogP contribution in [0.25, 0.3) is 0 Å². The van der Waals surface area contributed by atoms with E-state index in [4.69, 9.17) is 9.47 Å². The van der Waals surface area contributed by atoms with Crippen LogP contribution in [0, 0.1) is 10.1 Å². The largest absolute Gasteiger partial charge is 0.388 e. The number of nitrogens with zero attached hydrogens (tertiary/aromatic N) is 2. The Balaban J connectivity index is 2.50. The van der Waals surface area contributed by atoms with Gasteiger partial charge < -0.3 is 14.6 Å². The second-order valence-corrected chi connectivity index (χ2v) is 4.98. The Morgan fingerprint density at radius 2 is 1.68 bits per heavy atom. The summed E-state index contributed by atoms with van der Waals surface area (Å²) >= 11 is 0. The Hall–Kier alpha value is -1.54. The first-order chi connectivity index (χ1) is 10.6. The molecule has 0 spiro atoms. The second-order valence-electron chi connectivity index (χ2n) is 4.98. The van der Waals surface area contributed by atoms with E-state index in [9.17, 15) is 15.2 Å². The molecule has 0 aliphatic heterocycles. The molecule has 0 aliphatic carbocycles. The van der Waals surface area contributed by atoms with Gasteiger partial charge in [0.2, 0.25) is 0 Å². The molecule has 0 amide bonds. The molecule has 1 atom stereocenters. The van der Waals surface area contributed by atoms with Gasteiger partial charge in [-0.2, -0.15) is 0 Å². The summed E-state index contributed by atoms with van der Waals surface area (Å²) in [5, 5.41) is 20.8. The van der Waals surface area contributed by atoms with Crippen molar-refractivity contribution in [1.82, 2.24) is 4.90 Å². The second kappa shape index (κ2) is 10.2. The minimum absolute atomic E-state index is 0.0257. The molecular weight excluding hydrogens is 288 g/mol. The standard InChI is InChI=1S/C15H24N2O5/c1-21-11-9-16(10-12-22-2)8-7-15(18)13-3-5-14(6-4-13)17(19)20/h3-6,15,18H,7-12H2,1-2H3. The SMILES string of the molecule is COCCN(CCOC)CCC(O)c1ccc([N+](=O)[O-])cc1. The number of aliphatic hydroxyl groups is 1. The number of nitro benzene ring substituents is 1. The van der Waals surface area contributed by atoms with Crippen molar-refractivity contribution in [2.24, 2.45) is 0 Å². The van der Waals surface area contributed by atoms with Crippen molar-refractivity contribution >= 4 is 5.69 Å². The highest BCUT2D eigenvalue weighted by Gasteiger charge is 2.13. The highest BCUT2D eigenvalue weighted by Crippen LogP contribution is 2.20. The Kier molecular flexibility index (Phi) is 8.61. The average molecular weight is 312 g/mol. The number of hydrogen-bond donors (Lipinski definition) is 1. The van der Waals surface area contributed by atoms with E-state index < -0.39 is 11.0 Å². The molecule has 124 valence electrons. The summed E-state index contributed by atoms with van der Waals surface area (Å²) in [6, 6.07) is 6.01. The van der Waals surface area contributed by atoms with E-state index in [1.165, 1.54) is 12.1 Å². The van der Waals surface area contributed by atoms with Crippen LogP contribution >= 0.6 is 0 Å². The number of aliphatic hydroxyl groups excluding tert-OH is 1. The third-order valence-corrected chi connectivity index (χ3v) is 3.43. The van der Waals surface area contributed by atoms with Crippen LogP contribution in [0.2, 0.25) is 0 Å². The van der Waals surface area contributed by atoms with Crippen LogP contribution < -0.4 is 0 Å². The zero-order chi connectivity index (χ0) is 16.4. The summed E-state index contributed by atoms with van der Waals surface area (Å²) in [6.07, 6.45) is -0.0981. The number of non-ortho nitro benzene ring substituents is 1. The lowest BCUT2D eigenvalue weighted by atomic mass is 10.1. The third-order valence-electron chi connectivity index (χ3n) is 3.43. The van der Waals surface area contributed by atoms with Gasteiger partial charge in [0, 0.05) is 46.0 Å². The summed E-state index contributed by atoms with van der Waals surface area (Å²) in [6.45, 7) is 3.49. The van der Waals surface area contributed by atoms with Gasteiger partial charge in [-0.05, 0) is 24.1 Å². The molecule has 0 aliphatic rings. The summed E-state index contributed by atoms with van der Waals surface area (Å²) in [7, 11) is 3.31. The zero-order valence-corrected chi connectivity index (χ0v) is 13.1. The summed E-state index contributed by atoms with van der Waals surface area (Å²) in [5.41, 5.74) is 0.710. The zero-order valence-electron chi connectivity index (χ0n) is 13.1. The summed E-state index contributed by atoms with van der Waals surface area (Å²) in [4.78, 5) is 12.3. The quantitative estimate of drug-likeness (QED) is 0.493. The summed E-state index contributed by atoms with van der Waals surface area (Å²) in [5.74, 6) is 0. The van der Waals surface area contributed by atoms with E-state index in [1.807, 2.05) is 0 Å². The molecule has 1 N–H and O–H groups in total. The van der Waals surface area contributed by atoms with Crippen LogP contribution in [-0.2, 0) is 9.47 Å². The topological polar surface area (TPSA) is 85.1 Å². The fraction of sp³-hybridized carbons (Fsp3) is 0.600. The monoisotopic (exact) mass is 312 g/mol. The normalized spacial score (nSPS) is 12.5.